The van der Waals surface area contributed by atoms with Crippen LogP contribution in [-0.4, -0.2) is 17.4 Å². The van der Waals surface area contributed by atoms with Crippen molar-refractivity contribution in [3.63, 3.8) is 0 Å². The van der Waals surface area contributed by atoms with Crippen LogP contribution in [-0.2, 0) is 13.0 Å². The number of benzene rings is 2. The molecule has 2 aromatic carbocycles. The number of rotatable bonds is 3. The summed E-state index contributed by atoms with van der Waals surface area (Å²) in [5.41, 5.74) is 6.08. The van der Waals surface area contributed by atoms with Crippen LogP contribution >= 0.6 is 0 Å². The molecule has 3 aromatic rings. The monoisotopic (exact) mass is 343 g/mol. The third kappa shape index (κ3) is 3.31. The Morgan fingerprint density at radius 1 is 1.04 bits per heavy atom. The third-order valence-electron chi connectivity index (χ3n) is 4.87. The molecule has 4 heteroatoms. The molecule has 0 unspecified atom stereocenters. The van der Waals surface area contributed by atoms with Crippen molar-refractivity contribution in [1.29, 1.82) is 0 Å². The van der Waals surface area contributed by atoms with E-state index in [4.69, 9.17) is 0 Å². The first-order valence-corrected chi connectivity index (χ1v) is 8.85. The molecule has 0 bridgehead atoms. The van der Waals surface area contributed by atoms with Crippen LogP contribution in [0.2, 0.25) is 0 Å². The molecule has 0 saturated carbocycles. The minimum Gasteiger partial charge on any atom is -0.367 e. The number of nitrogens with zero attached hydrogens (tertiary/aromatic N) is 2. The summed E-state index contributed by atoms with van der Waals surface area (Å²) < 4.78 is 0. The highest BCUT2D eigenvalue weighted by Crippen LogP contribution is 2.25. The van der Waals surface area contributed by atoms with E-state index in [0.717, 1.165) is 36.4 Å². The fourth-order valence-corrected chi connectivity index (χ4v) is 3.36. The standard InChI is InChI=1S/C22H21N3O/c1-16-6-2-5-9-20(16)24-22(26)21-14-19(10-12-23-21)25-13-11-17-7-3-4-8-18(17)15-25/h2-10,12,14H,11,13,15H2,1H3,(H,24,26). The van der Waals surface area contributed by atoms with Crippen LogP contribution < -0.4 is 10.2 Å². The van der Waals surface area contributed by atoms with Gasteiger partial charge in [0.05, 0.1) is 0 Å². The maximum absolute atomic E-state index is 12.6. The van der Waals surface area contributed by atoms with E-state index >= 15 is 0 Å². The summed E-state index contributed by atoms with van der Waals surface area (Å²) >= 11 is 0. The molecular formula is C22H21N3O. The van der Waals surface area contributed by atoms with Gasteiger partial charge in [0.1, 0.15) is 5.69 Å². The number of aryl methyl sites for hydroxylation is 1. The highest BCUT2D eigenvalue weighted by molar-refractivity contribution is 6.03. The molecule has 2 heterocycles. The smallest absolute Gasteiger partial charge is 0.274 e. The number of fused-ring (bicyclic) bond motifs is 1. The molecule has 26 heavy (non-hydrogen) atoms. The lowest BCUT2D eigenvalue weighted by Crippen LogP contribution is -2.30. The summed E-state index contributed by atoms with van der Waals surface area (Å²) in [5, 5.41) is 2.95. The fourth-order valence-electron chi connectivity index (χ4n) is 3.36. The number of pyridine rings is 1. The van der Waals surface area contributed by atoms with Gasteiger partial charge in [-0.3, -0.25) is 9.78 Å². The van der Waals surface area contributed by atoms with Crippen molar-refractivity contribution in [3.05, 3.63) is 89.2 Å². The Bertz CT molecular complexity index is 951. The minimum atomic E-state index is -0.182. The van der Waals surface area contributed by atoms with Gasteiger partial charge in [-0.1, -0.05) is 42.5 Å². The number of carbonyl (C=O) groups excluding carboxylic acids is 1. The van der Waals surface area contributed by atoms with Crippen LogP contribution in [0.3, 0.4) is 0 Å². The molecule has 4 rings (SSSR count). The molecule has 0 fully saturated rings. The molecule has 0 aliphatic carbocycles. The van der Waals surface area contributed by atoms with E-state index in [1.807, 2.05) is 43.3 Å². The number of hydrogen-bond acceptors (Lipinski definition) is 3. The van der Waals surface area contributed by atoms with Crippen molar-refractivity contribution in [2.24, 2.45) is 0 Å². The zero-order chi connectivity index (χ0) is 17.9. The Morgan fingerprint density at radius 2 is 1.81 bits per heavy atom. The number of amides is 1. The number of anilines is 2. The summed E-state index contributed by atoms with van der Waals surface area (Å²) in [6.45, 7) is 3.78. The lowest BCUT2D eigenvalue weighted by Gasteiger charge is -2.30. The molecule has 1 aromatic heterocycles. The first-order chi connectivity index (χ1) is 12.7. The Labute approximate surface area is 153 Å². The molecule has 0 radical (unpaired) electrons. The molecule has 1 amide bonds. The van der Waals surface area contributed by atoms with Gasteiger partial charge >= 0.3 is 0 Å². The van der Waals surface area contributed by atoms with Crippen molar-refractivity contribution < 1.29 is 4.79 Å². The number of hydrogen-bond donors (Lipinski definition) is 1. The quantitative estimate of drug-likeness (QED) is 0.775. The molecule has 130 valence electrons. The average Bonchev–Trinajstić information content (AvgIpc) is 2.69. The number of nitrogens with one attached hydrogen (secondary N) is 1. The second kappa shape index (κ2) is 7.00. The molecule has 0 spiro atoms. The average molecular weight is 343 g/mol. The van der Waals surface area contributed by atoms with E-state index in [1.165, 1.54) is 11.1 Å². The van der Waals surface area contributed by atoms with Gasteiger partial charge in [-0.2, -0.15) is 0 Å². The van der Waals surface area contributed by atoms with Crippen LogP contribution in [0.25, 0.3) is 0 Å². The molecule has 1 aliphatic rings. The van der Waals surface area contributed by atoms with Gasteiger partial charge in [0, 0.05) is 30.7 Å². The van der Waals surface area contributed by atoms with E-state index in [0.29, 0.717) is 5.69 Å². The second-order valence-electron chi connectivity index (χ2n) is 6.61. The largest absolute Gasteiger partial charge is 0.367 e. The number of para-hydroxylation sites is 1. The molecule has 0 atom stereocenters. The van der Waals surface area contributed by atoms with Crippen LogP contribution in [0.1, 0.15) is 27.2 Å². The summed E-state index contributed by atoms with van der Waals surface area (Å²) in [6.07, 6.45) is 2.73. The Morgan fingerprint density at radius 3 is 2.65 bits per heavy atom. The lowest BCUT2D eigenvalue weighted by atomic mass is 9.99. The summed E-state index contributed by atoms with van der Waals surface area (Å²) in [6, 6.07) is 20.1. The SMILES string of the molecule is Cc1ccccc1NC(=O)c1cc(N2CCc3ccccc3C2)ccn1. The third-order valence-corrected chi connectivity index (χ3v) is 4.87. The van der Waals surface area contributed by atoms with Crippen molar-refractivity contribution in [2.75, 3.05) is 16.8 Å². The highest BCUT2D eigenvalue weighted by Gasteiger charge is 2.18. The van der Waals surface area contributed by atoms with E-state index < -0.39 is 0 Å². The first kappa shape index (κ1) is 16.3. The minimum absolute atomic E-state index is 0.182. The zero-order valence-electron chi connectivity index (χ0n) is 14.8. The summed E-state index contributed by atoms with van der Waals surface area (Å²) in [4.78, 5) is 19.2. The van der Waals surface area contributed by atoms with Gasteiger partial charge in [-0.05, 0) is 48.2 Å². The topological polar surface area (TPSA) is 45.2 Å². The second-order valence-corrected chi connectivity index (χ2v) is 6.61. The van der Waals surface area contributed by atoms with Crippen LogP contribution in [0.4, 0.5) is 11.4 Å². The summed E-state index contributed by atoms with van der Waals surface area (Å²) in [7, 11) is 0. The maximum Gasteiger partial charge on any atom is 0.274 e. The Balaban J connectivity index is 1.54. The molecule has 1 N–H and O–H groups in total. The summed E-state index contributed by atoms with van der Waals surface area (Å²) in [5.74, 6) is -0.182. The van der Waals surface area contributed by atoms with E-state index in [9.17, 15) is 4.79 Å². The number of carbonyl (C=O) groups is 1. The first-order valence-electron chi connectivity index (χ1n) is 8.85. The molecule has 1 aliphatic heterocycles. The molecular weight excluding hydrogens is 322 g/mol. The maximum atomic E-state index is 12.6. The highest BCUT2D eigenvalue weighted by atomic mass is 16.1. The number of aromatic nitrogens is 1. The van der Waals surface area contributed by atoms with Crippen molar-refractivity contribution in [2.45, 2.75) is 19.9 Å². The van der Waals surface area contributed by atoms with Crippen molar-refractivity contribution in [3.8, 4) is 0 Å². The van der Waals surface area contributed by atoms with Gasteiger partial charge in [-0.15, -0.1) is 0 Å². The van der Waals surface area contributed by atoms with Crippen LogP contribution in [0, 0.1) is 6.92 Å². The van der Waals surface area contributed by atoms with Crippen LogP contribution in [0.5, 0.6) is 0 Å². The Hall–Kier alpha value is -3.14. The van der Waals surface area contributed by atoms with Gasteiger partial charge in [0.25, 0.3) is 5.91 Å². The zero-order valence-corrected chi connectivity index (χ0v) is 14.8. The van der Waals surface area contributed by atoms with Crippen LogP contribution in [0.15, 0.2) is 66.9 Å². The predicted molar refractivity (Wildman–Crippen MR) is 105 cm³/mol. The van der Waals surface area contributed by atoms with Crippen molar-refractivity contribution in [1.82, 2.24) is 4.98 Å². The van der Waals surface area contributed by atoms with E-state index in [-0.39, 0.29) is 5.91 Å². The van der Waals surface area contributed by atoms with Gasteiger partial charge in [-0.25, -0.2) is 0 Å². The van der Waals surface area contributed by atoms with Gasteiger partial charge < -0.3 is 10.2 Å². The van der Waals surface area contributed by atoms with Gasteiger partial charge in [0.15, 0.2) is 0 Å². The van der Waals surface area contributed by atoms with E-state index in [2.05, 4.69) is 39.5 Å². The van der Waals surface area contributed by atoms with E-state index in [1.54, 1.807) is 6.20 Å². The molecule has 0 saturated heterocycles. The normalized spacial score (nSPS) is 13.2. The predicted octanol–water partition coefficient (Wildman–Crippen LogP) is 4.21. The fraction of sp³-hybridized carbons (Fsp3) is 0.182. The Kier molecular flexibility index (Phi) is 4.40. The lowest BCUT2D eigenvalue weighted by molar-refractivity contribution is 0.102. The van der Waals surface area contributed by atoms with Crippen molar-refractivity contribution >= 4 is 17.3 Å². The van der Waals surface area contributed by atoms with Gasteiger partial charge in [0.2, 0.25) is 0 Å². The molecule has 4 nitrogen and oxygen atoms in total.